The van der Waals surface area contributed by atoms with Gasteiger partial charge >= 0.3 is 17.8 Å². The highest BCUT2D eigenvalue weighted by atomic mass is 16.5. The van der Waals surface area contributed by atoms with Crippen molar-refractivity contribution in [2.45, 2.75) is 6.92 Å². The van der Waals surface area contributed by atoms with Gasteiger partial charge in [0.05, 0.1) is 12.7 Å². The molecular formula is C18H18N2O4. The molecule has 1 N–H and O–H groups in total. The van der Waals surface area contributed by atoms with Gasteiger partial charge in [-0.05, 0) is 37.3 Å². The van der Waals surface area contributed by atoms with Crippen LogP contribution in [0.3, 0.4) is 0 Å². The van der Waals surface area contributed by atoms with Crippen molar-refractivity contribution < 1.29 is 19.1 Å². The summed E-state index contributed by atoms with van der Waals surface area (Å²) in [5.74, 6) is -1.97. The average molecular weight is 326 g/mol. The standard InChI is InChI=1S/C18H18N2O4/c1-3-20(15-10-5-4-6-11-15)17(22)16(21)19-14-9-7-8-13(12-14)18(23)24-2/h4-12H,3H2,1-2H3,(H,19,21). The molecule has 0 heterocycles. The maximum absolute atomic E-state index is 12.4. The monoisotopic (exact) mass is 326 g/mol. The minimum absolute atomic E-state index is 0.290. The second kappa shape index (κ2) is 7.92. The second-order valence-electron chi connectivity index (χ2n) is 4.91. The third-order valence-electron chi connectivity index (χ3n) is 3.37. The first kappa shape index (κ1) is 17.2. The highest BCUT2D eigenvalue weighted by Gasteiger charge is 2.22. The predicted molar refractivity (Wildman–Crippen MR) is 90.9 cm³/mol. The van der Waals surface area contributed by atoms with Crippen molar-refractivity contribution in [2.75, 3.05) is 23.9 Å². The van der Waals surface area contributed by atoms with Crippen LogP contribution in [0.4, 0.5) is 11.4 Å². The molecule has 0 atom stereocenters. The Hall–Kier alpha value is -3.15. The van der Waals surface area contributed by atoms with E-state index < -0.39 is 17.8 Å². The lowest BCUT2D eigenvalue weighted by atomic mass is 10.2. The Bertz CT molecular complexity index is 744. The number of benzene rings is 2. The Morgan fingerprint density at radius 3 is 2.38 bits per heavy atom. The van der Waals surface area contributed by atoms with Crippen molar-refractivity contribution in [1.82, 2.24) is 0 Å². The van der Waals surface area contributed by atoms with Crippen LogP contribution in [0.15, 0.2) is 54.6 Å². The van der Waals surface area contributed by atoms with Crippen molar-refractivity contribution >= 4 is 29.2 Å². The van der Waals surface area contributed by atoms with Gasteiger partial charge in [-0.1, -0.05) is 24.3 Å². The van der Waals surface area contributed by atoms with Crippen molar-refractivity contribution in [3.8, 4) is 0 Å². The van der Waals surface area contributed by atoms with Gasteiger partial charge in [-0.2, -0.15) is 0 Å². The number of para-hydroxylation sites is 1. The number of nitrogens with zero attached hydrogens (tertiary/aromatic N) is 1. The molecule has 0 radical (unpaired) electrons. The molecular weight excluding hydrogens is 308 g/mol. The Labute approximate surface area is 140 Å². The van der Waals surface area contributed by atoms with Crippen LogP contribution in [-0.4, -0.2) is 31.4 Å². The summed E-state index contributed by atoms with van der Waals surface area (Å²) >= 11 is 0. The molecule has 0 aliphatic heterocycles. The minimum atomic E-state index is -0.775. The molecule has 6 nitrogen and oxygen atoms in total. The van der Waals surface area contributed by atoms with Gasteiger partial charge in [0.2, 0.25) is 0 Å². The Balaban J connectivity index is 2.14. The first-order valence-corrected chi connectivity index (χ1v) is 7.43. The molecule has 0 unspecified atom stereocenters. The number of methoxy groups -OCH3 is 1. The summed E-state index contributed by atoms with van der Waals surface area (Å²) in [5.41, 5.74) is 1.28. The molecule has 0 aromatic heterocycles. The van der Waals surface area contributed by atoms with Crippen LogP contribution in [-0.2, 0) is 14.3 Å². The van der Waals surface area contributed by atoms with Gasteiger partial charge < -0.3 is 15.0 Å². The third-order valence-corrected chi connectivity index (χ3v) is 3.37. The number of anilines is 2. The first-order valence-electron chi connectivity index (χ1n) is 7.43. The number of esters is 1. The molecule has 6 heteroatoms. The quantitative estimate of drug-likeness (QED) is 0.692. The zero-order chi connectivity index (χ0) is 17.5. The van der Waals surface area contributed by atoms with Crippen LogP contribution in [0.2, 0.25) is 0 Å². The van der Waals surface area contributed by atoms with E-state index in [0.717, 1.165) is 0 Å². The topological polar surface area (TPSA) is 75.7 Å². The summed E-state index contributed by atoms with van der Waals surface area (Å²) in [5, 5.41) is 2.51. The van der Waals surface area contributed by atoms with Gasteiger partial charge in [-0.25, -0.2) is 4.79 Å². The Kier molecular flexibility index (Phi) is 5.68. The molecule has 0 spiro atoms. The number of hydrogen-bond acceptors (Lipinski definition) is 4. The third kappa shape index (κ3) is 3.98. The van der Waals surface area contributed by atoms with E-state index in [9.17, 15) is 14.4 Å². The van der Waals surface area contributed by atoms with Gasteiger partial charge in [0.15, 0.2) is 0 Å². The van der Waals surface area contributed by atoms with Crippen LogP contribution < -0.4 is 10.2 Å². The smallest absolute Gasteiger partial charge is 0.337 e. The zero-order valence-electron chi connectivity index (χ0n) is 13.5. The molecule has 0 aliphatic rings. The highest BCUT2D eigenvalue weighted by Crippen LogP contribution is 2.15. The minimum Gasteiger partial charge on any atom is -0.465 e. The number of hydrogen-bond donors (Lipinski definition) is 1. The fraction of sp³-hybridized carbons (Fsp3) is 0.167. The van der Waals surface area contributed by atoms with Crippen molar-refractivity contribution in [1.29, 1.82) is 0 Å². The zero-order valence-corrected chi connectivity index (χ0v) is 13.5. The number of carbonyl (C=O) groups is 3. The number of ether oxygens (including phenoxy) is 1. The van der Waals surface area contributed by atoms with Crippen LogP contribution in [0.1, 0.15) is 17.3 Å². The van der Waals surface area contributed by atoms with Gasteiger partial charge in [0.25, 0.3) is 0 Å². The van der Waals surface area contributed by atoms with E-state index in [0.29, 0.717) is 17.9 Å². The predicted octanol–water partition coefficient (Wildman–Crippen LogP) is 2.46. The SMILES string of the molecule is CCN(C(=O)C(=O)Nc1cccc(C(=O)OC)c1)c1ccccc1. The maximum atomic E-state index is 12.4. The van der Waals surface area contributed by atoms with Crippen molar-refractivity contribution in [3.05, 3.63) is 60.2 Å². The highest BCUT2D eigenvalue weighted by molar-refractivity contribution is 6.44. The molecule has 2 amide bonds. The van der Waals surface area contributed by atoms with E-state index in [2.05, 4.69) is 10.1 Å². The molecule has 0 saturated heterocycles. The van der Waals surface area contributed by atoms with Crippen molar-refractivity contribution in [2.24, 2.45) is 0 Å². The second-order valence-corrected chi connectivity index (χ2v) is 4.91. The summed E-state index contributed by atoms with van der Waals surface area (Å²) in [6, 6.07) is 15.1. The maximum Gasteiger partial charge on any atom is 0.337 e. The number of likely N-dealkylation sites (N-methyl/N-ethyl adjacent to an activating group) is 1. The number of rotatable bonds is 4. The molecule has 2 aromatic carbocycles. The summed E-state index contributed by atoms with van der Waals surface area (Å²) < 4.78 is 4.63. The van der Waals surface area contributed by atoms with E-state index in [1.165, 1.54) is 18.1 Å². The van der Waals surface area contributed by atoms with E-state index >= 15 is 0 Å². The van der Waals surface area contributed by atoms with E-state index in [4.69, 9.17) is 0 Å². The Morgan fingerprint density at radius 2 is 1.75 bits per heavy atom. The van der Waals surface area contributed by atoms with E-state index in [1.807, 2.05) is 6.07 Å². The molecule has 2 aromatic rings. The number of amides is 2. The van der Waals surface area contributed by atoms with Gasteiger partial charge in [0.1, 0.15) is 0 Å². The normalized spacial score (nSPS) is 9.92. The molecule has 2 rings (SSSR count). The van der Waals surface area contributed by atoms with Crippen LogP contribution in [0, 0.1) is 0 Å². The first-order chi connectivity index (χ1) is 11.6. The van der Waals surface area contributed by atoms with Crippen LogP contribution >= 0.6 is 0 Å². The van der Waals surface area contributed by atoms with Gasteiger partial charge in [-0.15, -0.1) is 0 Å². The molecule has 0 fully saturated rings. The molecule has 0 bridgehead atoms. The lowest BCUT2D eigenvalue weighted by Crippen LogP contribution is -2.39. The molecule has 0 saturated carbocycles. The summed E-state index contributed by atoms with van der Waals surface area (Å²) in [6.45, 7) is 2.15. The summed E-state index contributed by atoms with van der Waals surface area (Å²) in [6.07, 6.45) is 0. The lowest BCUT2D eigenvalue weighted by Gasteiger charge is -2.20. The fourth-order valence-electron chi connectivity index (χ4n) is 2.20. The van der Waals surface area contributed by atoms with Gasteiger partial charge in [0, 0.05) is 17.9 Å². The summed E-state index contributed by atoms with van der Waals surface area (Å²) in [7, 11) is 1.27. The molecule has 124 valence electrons. The number of nitrogens with one attached hydrogen (secondary N) is 1. The van der Waals surface area contributed by atoms with Gasteiger partial charge in [-0.3, -0.25) is 9.59 Å². The molecule has 0 aliphatic carbocycles. The lowest BCUT2D eigenvalue weighted by molar-refractivity contribution is -0.134. The summed E-state index contributed by atoms with van der Waals surface area (Å²) in [4.78, 5) is 37.5. The van der Waals surface area contributed by atoms with E-state index in [-0.39, 0.29) is 5.56 Å². The molecule has 24 heavy (non-hydrogen) atoms. The van der Waals surface area contributed by atoms with Crippen LogP contribution in [0.5, 0.6) is 0 Å². The largest absolute Gasteiger partial charge is 0.465 e. The average Bonchev–Trinajstić information content (AvgIpc) is 2.62. The van der Waals surface area contributed by atoms with Crippen molar-refractivity contribution in [3.63, 3.8) is 0 Å². The van der Waals surface area contributed by atoms with E-state index in [1.54, 1.807) is 49.4 Å². The Morgan fingerprint density at radius 1 is 1.04 bits per heavy atom. The fourth-order valence-corrected chi connectivity index (χ4v) is 2.20. The van der Waals surface area contributed by atoms with Crippen LogP contribution in [0.25, 0.3) is 0 Å². The number of carbonyl (C=O) groups excluding carboxylic acids is 3.